The molecule has 1 N–H and O–H groups in total. The van der Waals surface area contributed by atoms with Crippen molar-refractivity contribution in [1.82, 2.24) is 24.2 Å². The molecule has 9 heteroatoms. The first kappa shape index (κ1) is 19.4. The standard InChI is InChI=1S/C20H22N6O2S/c1-14-6-7-16(11-15(14)2)29(27,28)26-10-3-5-18(26)17-12-21-13-19(24-17)25-20-22-8-4-9-23-20/h4,6-9,11-13,18H,3,5,10H2,1-2H3,(H,22,23,24,25)/t18-/m0/s1. The van der Waals surface area contributed by atoms with E-state index in [1.165, 1.54) is 4.31 Å². The second-order valence-corrected chi connectivity index (χ2v) is 8.94. The maximum Gasteiger partial charge on any atom is 0.243 e. The highest BCUT2D eigenvalue weighted by Crippen LogP contribution is 2.36. The SMILES string of the molecule is Cc1ccc(S(=O)(=O)N2CCC[C@H]2c2cncc(Nc3ncccn3)n2)cc1C. The van der Waals surface area contributed by atoms with Crippen LogP contribution in [0.3, 0.4) is 0 Å². The van der Waals surface area contributed by atoms with E-state index in [0.29, 0.717) is 35.3 Å². The molecule has 1 aromatic carbocycles. The first-order chi connectivity index (χ1) is 13.9. The van der Waals surface area contributed by atoms with Gasteiger partial charge in [-0.25, -0.2) is 23.4 Å². The number of rotatable bonds is 5. The summed E-state index contributed by atoms with van der Waals surface area (Å²) in [6, 6.07) is 6.62. The van der Waals surface area contributed by atoms with Crippen LogP contribution in [0.1, 0.15) is 35.7 Å². The third kappa shape index (κ3) is 3.96. The lowest BCUT2D eigenvalue weighted by Crippen LogP contribution is -2.31. The number of hydrogen-bond donors (Lipinski definition) is 1. The molecule has 2 aromatic heterocycles. The molecule has 0 amide bonds. The first-order valence-corrected chi connectivity index (χ1v) is 10.8. The molecular formula is C20H22N6O2S. The summed E-state index contributed by atoms with van der Waals surface area (Å²) in [5.41, 5.74) is 2.63. The molecule has 0 spiro atoms. The number of nitrogens with zero attached hydrogens (tertiary/aromatic N) is 5. The van der Waals surface area contributed by atoms with Gasteiger partial charge in [-0.3, -0.25) is 4.98 Å². The predicted molar refractivity (Wildman–Crippen MR) is 109 cm³/mol. The van der Waals surface area contributed by atoms with Gasteiger partial charge in [0, 0.05) is 18.9 Å². The summed E-state index contributed by atoms with van der Waals surface area (Å²) >= 11 is 0. The molecule has 1 aliphatic heterocycles. The Balaban J connectivity index is 1.63. The molecule has 29 heavy (non-hydrogen) atoms. The van der Waals surface area contributed by atoms with Crippen LogP contribution in [0.5, 0.6) is 0 Å². The number of aryl methyl sites for hydroxylation is 2. The highest BCUT2D eigenvalue weighted by atomic mass is 32.2. The average Bonchev–Trinajstić information content (AvgIpc) is 3.22. The Hall–Kier alpha value is -2.91. The molecule has 3 heterocycles. The van der Waals surface area contributed by atoms with Crippen LogP contribution >= 0.6 is 0 Å². The van der Waals surface area contributed by atoms with E-state index in [0.717, 1.165) is 17.5 Å². The molecule has 0 radical (unpaired) electrons. The normalized spacial score (nSPS) is 17.4. The van der Waals surface area contributed by atoms with Crippen LogP contribution in [0.15, 0.2) is 53.9 Å². The topological polar surface area (TPSA) is 101 Å². The lowest BCUT2D eigenvalue weighted by atomic mass is 10.1. The van der Waals surface area contributed by atoms with Crippen LogP contribution < -0.4 is 5.32 Å². The van der Waals surface area contributed by atoms with E-state index in [2.05, 4.69) is 25.3 Å². The third-order valence-electron chi connectivity index (χ3n) is 5.09. The Labute approximate surface area is 170 Å². The summed E-state index contributed by atoms with van der Waals surface area (Å²) in [6.07, 6.45) is 7.91. The van der Waals surface area contributed by atoms with Gasteiger partial charge in [0.25, 0.3) is 0 Å². The minimum Gasteiger partial charge on any atom is -0.307 e. The van der Waals surface area contributed by atoms with Crippen molar-refractivity contribution >= 4 is 21.8 Å². The monoisotopic (exact) mass is 410 g/mol. The van der Waals surface area contributed by atoms with E-state index in [1.54, 1.807) is 43.0 Å². The predicted octanol–water partition coefficient (Wildman–Crippen LogP) is 3.15. The Kier molecular flexibility index (Phi) is 5.25. The molecule has 1 saturated heterocycles. The molecular weight excluding hydrogens is 388 g/mol. The number of benzene rings is 1. The van der Waals surface area contributed by atoms with E-state index in [4.69, 9.17) is 0 Å². The van der Waals surface area contributed by atoms with Gasteiger partial charge < -0.3 is 5.32 Å². The lowest BCUT2D eigenvalue weighted by molar-refractivity contribution is 0.390. The largest absolute Gasteiger partial charge is 0.307 e. The summed E-state index contributed by atoms with van der Waals surface area (Å²) in [6.45, 7) is 4.35. The van der Waals surface area contributed by atoms with Gasteiger partial charge in [-0.2, -0.15) is 4.31 Å². The number of aromatic nitrogens is 4. The molecule has 8 nitrogen and oxygen atoms in total. The number of nitrogens with one attached hydrogen (secondary N) is 1. The summed E-state index contributed by atoms with van der Waals surface area (Å²) in [4.78, 5) is 17.4. The van der Waals surface area contributed by atoms with Crippen molar-refractivity contribution in [3.63, 3.8) is 0 Å². The molecule has 4 rings (SSSR count). The van der Waals surface area contributed by atoms with E-state index < -0.39 is 10.0 Å². The van der Waals surface area contributed by atoms with Gasteiger partial charge in [0.05, 0.1) is 29.0 Å². The second kappa shape index (κ2) is 7.84. The Morgan fingerprint density at radius 2 is 1.90 bits per heavy atom. The van der Waals surface area contributed by atoms with Gasteiger partial charge >= 0.3 is 0 Å². The molecule has 3 aromatic rings. The summed E-state index contributed by atoms with van der Waals surface area (Å²) < 4.78 is 28.1. The zero-order chi connectivity index (χ0) is 20.4. The molecule has 0 saturated carbocycles. The maximum absolute atomic E-state index is 13.3. The van der Waals surface area contributed by atoms with Gasteiger partial charge in [0.2, 0.25) is 16.0 Å². The highest BCUT2D eigenvalue weighted by molar-refractivity contribution is 7.89. The third-order valence-corrected chi connectivity index (χ3v) is 6.99. The maximum atomic E-state index is 13.3. The van der Waals surface area contributed by atoms with E-state index in [-0.39, 0.29) is 6.04 Å². The van der Waals surface area contributed by atoms with E-state index >= 15 is 0 Å². The molecule has 0 aliphatic carbocycles. The number of sulfonamides is 1. The zero-order valence-electron chi connectivity index (χ0n) is 16.3. The second-order valence-electron chi connectivity index (χ2n) is 7.05. The Bertz CT molecular complexity index is 1120. The Morgan fingerprint density at radius 1 is 1.10 bits per heavy atom. The van der Waals surface area contributed by atoms with Gasteiger partial charge in [-0.05, 0) is 56.0 Å². The fourth-order valence-electron chi connectivity index (χ4n) is 3.41. The van der Waals surface area contributed by atoms with Crippen LogP contribution in [0.2, 0.25) is 0 Å². The lowest BCUT2D eigenvalue weighted by Gasteiger charge is -2.24. The molecule has 150 valence electrons. The molecule has 0 bridgehead atoms. The van der Waals surface area contributed by atoms with Crippen LogP contribution in [0.25, 0.3) is 0 Å². The minimum atomic E-state index is -3.63. The van der Waals surface area contributed by atoms with Crippen molar-refractivity contribution in [2.24, 2.45) is 0 Å². The smallest absolute Gasteiger partial charge is 0.243 e. The molecule has 0 unspecified atom stereocenters. The van der Waals surface area contributed by atoms with E-state index in [9.17, 15) is 8.42 Å². The van der Waals surface area contributed by atoms with Crippen molar-refractivity contribution < 1.29 is 8.42 Å². The number of anilines is 2. The van der Waals surface area contributed by atoms with Gasteiger partial charge in [0.1, 0.15) is 0 Å². The quantitative estimate of drug-likeness (QED) is 0.689. The summed E-state index contributed by atoms with van der Waals surface area (Å²) in [7, 11) is -3.63. The van der Waals surface area contributed by atoms with Crippen LogP contribution in [-0.2, 0) is 10.0 Å². The van der Waals surface area contributed by atoms with Crippen molar-refractivity contribution in [3.8, 4) is 0 Å². The average molecular weight is 411 g/mol. The highest BCUT2D eigenvalue weighted by Gasteiger charge is 2.37. The van der Waals surface area contributed by atoms with Crippen molar-refractivity contribution in [2.45, 2.75) is 37.6 Å². The fraction of sp³-hybridized carbons (Fsp3) is 0.300. The first-order valence-electron chi connectivity index (χ1n) is 9.40. The van der Waals surface area contributed by atoms with Gasteiger partial charge in [0.15, 0.2) is 5.82 Å². The Morgan fingerprint density at radius 3 is 2.66 bits per heavy atom. The fourth-order valence-corrected chi connectivity index (χ4v) is 5.17. The van der Waals surface area contributed by atoms with E-state index in [1.807, 2.05) is 19.9 Å². The molecule has 1 aliphatic rings. The van der Waals surface area contributed by atoms with Crippen LogP contribution in [0.4, 0.5) is 11.8 Å². The molecule has 1 fully saturated rings. The van der Waals surface area contributed by atoms with Crippen molar-refractivity contribution in [3.05, 3.63) is 65.9 Å². The summed E-state index contributed by atoms with van der Waals surface area (Å²) in [5.74, 6) is 0.883. The minimum absolute atomic E-state index is 0.312. The van der Waals surface area contributed by atoms with Crippen molar-refractivity contribution in [1.29, 1.82) is 0 Å². The van der Waals surface area contributed by atoms with Crippen LogP contribution in [0, 0.1) is 13.8 Å². The van der Waals surface area contributed by atoms with Crippen molar-refractivity contribution in [2.75, 3.05) is 11.9 Å². The van der Waals surface area contributed by atoms with Gasteiger partial charge in [-0.15, -0.1) is 0 Å². The van der Waals surface area contributed by atoms with Crippen LogP contribution in [-0.4, -0.2) is 39.2 Å². The zero-order valence-corrected chi connectivity index (χ0v) is 17.1. The summed E-state index contributed by atoms with van der Waals surface area (Å²) in [5, 5.41) is 3.00. The molecule has 1 atom stereocenters. The van der Waals surface area contributed by atoms with Gasteiger partial charge in [-0.1, -0.05) is 6.07 Å². The number of hydrogen-bond acceptors (Lipinski definition) is 7.